The Kier molecular flexibility index (Phi) is 8.54. The molecule has 4 aromatic rings. The number of nitrogens with one attached hydrogen (secondary N) is 1. The van der Waals surface area contributed by atoms with Crippen LogP contribution in [-0.2, 0) is 13.0 Å². The topological polar surface area (TPSA) is 21.3 Å². The van der Waals surface area contributed by atoms with E-state index in [-0.39, 0.29) is 0 Å². The fourth-order valence-corrected chi connectivity index (χ4v) is 4.49. The Balaban J connectivity index is 1.26. The van der Waals surface area contributed by atoms with Gasteiger partial charge in [-0.3, -0.25) is 0 Å². The molecule has 0 aliphatic heterocycles. The van der Waals surface area contributed by atoms with Crippen molar-refractivity contribution in [3.8, 4) is 5.75 Å². The molecule has 0 aromatic heterocycles. The Morgan fingerprint density at radius 1 is 0.706 bits per heavy atom. The van der Waals surface area contributed by atoms with Crippen LogP contribution in [-0.4, -0.2) is 12.6 Å². The molecule has 0 amide bonds. The van der Waals surface area contributed by atoms with Gasteiger partial charge in [0, 0.05) is 12.0 Å². The van der Waals surface area contributed by atoms with E-state index in [1.54, 1.807) is 0 Å². The molecule has 0 radical (unpaired) electrons. The Morgan fingerprint density at radius 2 is 1.35 bits per heavy atom. The Morgan fingerprint density at radius 3 is 1.97 bits per heavy atom. The molecule has 4 rings (SSSR count). The van der Waals surface area contributed by atoms with Crippen LogP contribution in [0.1, 0.15) is 47.1 Å². The van der Waals surface area contributed by atoms with Gasteiger partial charge in [0.25, 0.3) is 0 Å². The summed E-state index contributed by atoms with van der Waals surface area (Å²) in [5.41, 5.74) is 6.54. The van der Waals surface area contributed by atoms with Gasteiger partial charge in [0.1, 0.15) is 12.4 Å². The molecule has 174 valence electrons. The molecule has 0 saturated carbocycles. The Labute approximate surface area is 204 Å². The minimum absolute atomic E-state index is 0.409. The van der Waals surface area contributed by atoms with E-state index in [0.717, 1.165) is 25.1 Å². The zero-order valence-electron chi connectivity index (χ0n) is 20.3. The minimum atomic E-state index is 0.409. The van der Waals surface area contributed by atoms with Crippen LogP contribution in [0, 0.1) is 6.92 Å². The molecule has 2 nitrogen and oxygen atoms in total. The summed E-state index contributed by atoms with van der Waals surface area (Å²) in [6.45, 7) is 5.95. The lowest BCUT2D eigenvalue weighted by Crippen LogP contribution is -2.30. The van der Waals surface area contributed by atoms with Gasteiger partial charge in [-0.2, -0.15) is 0 Å². The highest BCUT2D eigenvalue weighted by atomic mass is 16.5. The van der Waals surface area contributed by atoms with Gasteiger partial charge in [0.05, 0.1) is 0 Å². The van der Waals surface area contributed by atoms with Crippen molar-refractivity contribution in [2.75, 3.05) is 6.54 Å². The second-order valence-corrected chi connectivity index (χ2v) is 9.14. The first-order valence-electron chi connectivity index (χ1n) is 12.3. The van der Waals surface area contributed by atoms with Crippen LogP contribution in [0.5, 0.6) is 5.75 Å². The molecule has 4 aromatic carbocycles. The lowest BCUT2D eigenvalue weighted by atomic mass is 9.88. The fourth-order valence-electron chi connectivity index (χ4n) is 4.49. The zero-order chi connectivity index (χ0) is 23.6. The SMILES string of the molecule is Cc1cccc(COc2ccc(CC(C)NCCC(c3ccccc3)c3ccccc3)cc2)c1. The van der Waals surface area contributed by atoms with E-state index in [1.165, 1.54) is 27.8 Å². The number of rotatable bonds is 11. The summed E-state index contributed by atoms with van der Waals surface area (Å²) in [4.78, 5) is 0. The predicted molar refractivity (Wildman–Crippen MR) is 142 cm³/mol. The van der Waals surface area contributed by atoms with Crippen molar-refractivity contribution >= 4 is 0 Å². The van der Waals surface area contributed by atoms with Gasteiger partial charge in [-0.05, 0) is 67.6 Å². The highest BCUT2D eigenvalue weighted by Gasteiger charge is 2.14. The molecule has 1 unspecified atom stereocenters. The zero-order valence-corrected chi connectivity index (χ0v) is 20.3. The molecule has 34 heavy (non-hydrogen) atoms. The maximum absolute atomic E-state index is 5.97. The molecule has 2 heteroatoms. The van der Waals surface area contributed by atoms with Crippen LogP contribution in [0.2, 0.25) is 0 Å². The van der Waals surface area contributed by atoms with Crippen molar-refractivity contribution in [3.05, 3.63) is 137 Å². The van der Waals surface area contributed by atoms with E-state index in [0.29, 0.717) is 18.6 Å². The van der Waals surface area contributed by atoms with E-state index in [2.05, 4.69) is 128 Å². The largest absolute Gasteiger partial charge is 0.489 e. The summed E-state index contributed by atoms with van der Waals surface area (Å²) in [5.74, 6) is 1.33. The van der Waals surface area contributed by atoms with Crippen LogP contribution < -0.4 is 10.1 Å². The van der Waals surface area contributed by atoms with Gasteiger partial charge in [-0.15, -0.1) is 0 Å². The van der Waals surface area contributed by atoms with E-state index in [9.17, 15) is 0 Å². The van der Waals surface area contributed by atoms with Gasteiger partial charge in [0.15, 0.2) is 0 Å². The molecular weight excluding hydrogens is 414 g/mol. The van der Waals surface area contributed by atoms with Crippen LogP contribution in [0.3, 0.4) is 0 Å². The van der Waals surface area contributed by atoms with Crippen molar-refractivity contribution in [2.24, 2.45) is 0 Å². The van der Waals surface area contributed by atoms with E-state index in [1.807, 2.05) is 0 Å². The maximum atomic E-state index is 5.97. The molecule has 0 bridgehead atoms. The van der Waals surface area contributed by atoms with Gasteiger partial charge >= 0.3 is 0 Å². The summed E-state index contributed by atoms with van der Waals surface area (Å²) >= 11 is 0. The maximum Gasteiger partial charge on any atom is 0.119 e. The average molecular weight is 450 g/mol. The second kappa shape index (κ2) is 12.2. The molecule has 0 spiro atoms. The number of aryl methyl sites for hydroxylation is 1. The lowest BCUT2D eigenvalue weighted by molar-refractivity contribution is 0.306. The third-order valence-corrected chi connectivity index (χ3v) is 6.28. The number of hydrogen-bond donors (Lipinski definition) is 1. The van der Waals surface area contributed by atoms with Crippen molar-refractivity contribution < 1.29 is 4.74 Å². The summed E-state index contributed by atoms with van der Waals surface area (Å²) < 4.78 is 5.97. The Bertz CT molecular complexity index is 1080. The quantitative estimate of drug-likeness (QED) is 0.259. The van der Waals surface area contributed by atoms with E-state index in [4.69, 9.17) is 4.74 Å². The van der Waals surface area contributed by atoms with E-state index < -0.39 is 0 Å². The number of benzene rings is 4. The summed E-state index contributed by atoms with van der Waals surface area (Å²) in [5, 5.41) is 3.74. The van der Waals surface area contributed by atoms with Crippen molar-refractivity contribution in [1.29, 1.82) is 0 Å². The third kappa shape index (κ3) is 7.07. The second-order valence-electron chi connectivity index (χ2n) is 9.14. The molecule has 1 N–H and O–H groups in total. The monoisotopic (exact) mass is 449 g/mol. The molecule has 0 saturated heterocycles. The predicted octanol–water partition coefficient (Wildman–Crippen LogP) is 7.32. The number of ether oxygens (including phenoxy) is 1. The molecule has 0 fully saturated rings. The van der Waals surface area contributed by atoms with Crippen LogP contribution in [0.15, 0.2) is 109 Å². The first-order chi connectivity index (χ1) is 16.7. The normalized spacial score (nSPS) is 12.0. The summed E-state index contributed by atoms with van der Waals surface area (Å²) in [6, 6.07) is 39.1. The molecule has 0 aliphatic rings. The van der Waals surface area contributed by atoms with Gasteiger partial charge < -0.3 is 10.1 Å². The Hall–Kier alpha value is -3.36. The smallest absolute Gasteiger partial charge is 0.119 e. The van der Waals surface area contributed by atoms with Crippen molar-refractivity contribution in [1.82, 2.24) is 5.32 Å². The van der Waals surface area contributed by atoms with Crippen LogP contribution >= 0.6 is 0 Å². The first kappa shape index (κ1) is 23.8. The highest BCUT2D eigenvalue weighted by Crippen LogP contribution is 2.27. The lowest BCUT2D eigenvalue weighted by Gasteiger charge is -2.20. The summed E-state index contributed by atoms with van der Waals surface area (Å²) in [6.07, 6.45) is 2.07. The van der Waals surface area contributed by atoms with Gasteiger partial charge in [0.2, 0.25) is 0 Å². The summed E-state index contributed by atoms with van der Waals surface area (Å²) in [7, 11) is 0. The average Bonchev–Trinajstić information content (AvgIpc) is 2.87. The van der Waals surface area contributed by atoms with Crippen LogP contribution in [0.25, 0.3) is 0 Å². The first-order valence-corrected chi connectivity index (χ1v) is 12.3. The van der Waals surface area contributed by atoms with Crippen LogP contribution in [0.4, 0.5) is 0 Å². The molecular formula is C32H35NO. The molecule has 0 heterocycles. The minimum Gasteiger partial charge on any atom is -0.489 e. The molecule has 1 atom stereocenters. The van der Waals surface area contributed by atoms with E-state index >= 15 is 0 Å². The molecule has 0 aliphatic carbocycles. The van der Waals surface area contributed by atoms with Crippen molar-refractivity contribution in [3.63, 3.8) is 0 Å². The van der Waals surface area contributed by atoms with Crippen molar-refractivity contribution in [2.45, 2.75) is 45.3 Å². The van der Waals surface area contributed by atoms with Gasteiger partial charge in [-0.1, -0.05) is 103 Å². The standard InChI is InChI=1S/C32H35NO/c1-25-10-9-11-28(22-25)24-34-31-18-16-27(17-19-31)23-26(2)33-21-20-32(29-12-5-3-6-13-29)30-14-7-4-8-15-30/h3-19,22,26,32-33H,20-21,23-24H2,1-2H3. The van der Waals surface area contributed by atoms with Gasteiger partial charge in [-0.25, -0.2) is 0 Å². The fraction of sp³-hybridized carbons (Fsp3) is 0.250. The third-order valence-electron chi connectivity index (χ3n) is 6.28. The highest BCUT2D eigenvalue weighted by molar-refractivity contribution is 5.32. The number of hydrogen-bond acceptors (Lipinski definition) is 2.